The molecule has 2 aromatic rings. The van der Waals surface area contributed by atoms with Gasteiger partial charge in [0.1, 0.15) is 5.82 Å². The summed E-state index contributed by atoms with van der Waals surface area (Å²) >= 11 is 0. The molecular formula is C14H10FNO. The van der Waals surface area contributed by atoms with E-state index < -0.39 is 0 Å². The topological polar surface area (TPSA) is 32.9 Å². The second kappa shape index (κ2) is 3.46. The summed E-state index contributed by atoms with van der Waals surface area (Å²) in [6, 6.07) is 4.32. The van der Waals surface area contributed by atoms with E-state index in [4.69, 9.17) is 6.42 Å². The molecule has 1 heterocycles. The third-order valence-corrected chi connectivity index (χ3v) is 3.10. The lowest BCUT2D eigenvalue weighted by atomic mass is 10.1. The molecule has 3 heteroatoms. The minimum absolute atomic E-state index is 0.0505. The van der Waals surface area contributed by atoms with E-state index >= 15 is 0 Å². The van der Waals surface area contributed by atoms with Crippen LogP contribution in [-0.2, 0) is 0 Å². The van der Waals surface area contributed by atoms with Crippen LogP contribution in [0.2, 0.25) is 0 Å². The number of carbonyl (C=O) groups excluding carboxylic acids is 1. The Morgan fingerprint density at radius 2 is 2.24 bits per heavy atom. The maximum atomic E-state index is 13.2. The fourth-order valence-electron chi connectivity index (χ4n) is 2.05. The lowest BCUT2D eigenvalue weighted by Gasteiger charge is -1.95. The fourth-order valence-corrected chi connectivity index (χ4v) is 2.05. The van der Waals surface area contributed by atoms with E-state index in [-0.39, 0.29) is 17.5 Å². The molecule has 0 atom stereocenters. The number of carbonyl (C=O) groups is 1. The number of aromatic amines is 1. The van der Waals surface area contributed by atoms with E-state index in [1.807, 2.05) is 0 Å². The molecular weight excluding hydrogens is 217 g/mol. The van der Waals surface area contributed by atoms with Crippen LogP contribution in [0.25, 0.3) is 10.9 Å². The lowest BCUT2D eigenvalue weighted by molar-refractivity contribution is 0.0963. The zero-order valence-electron chi connectivity index (χ0n) is 9.09. The molecule has 3 rings (SSSR count). The van der Waals surface area contributed by atoms with Gasteiger partial charge >= 0.3 is 0 Å². The monoisotopic (exact) mass is 227 g/mol. The maximum Gasteiger partial charge on any atom is 0.183 e. The molecule has 1 N–H and O–H groups in total. The Bertz CT molecular complexity index is 659. The summed E-state index contributed by atoms with van der Waals surface area (Å²) in [6.45, 7) is 0. The van der Waals surface area contributed by atoms with Crippen LogP contribution in [0.1, 0.15) is 28.9 Å². The summed E-state index contributed by atoms with van der Waals surface area (Å²) in [5.41, 5.74) is 1.65. The Morgan fingerprint density at radius 3 is 2.88 bits per heavy atom. The van der Waals surface area contributed by atoms with E-state index in [1.165, 1.54) is 12.1 Å². The summed E-state index contributed by atoms with van der Waals surface area (Å²) in [5.74, 6) is 2.29. The largest absolute Gasteiger partial charge is 0.351 e. The van der Waals surface area contributed by atoms with Gasteiger partial charge in [-0.2, -0.15) is 0 Å². The molecule has 1 aromatic heterocycles. The summed E-state index contributed by atoms with van der Waals surface area (Å²) < 4.78 is 13.2. The number of ketones is 1. The lowest BCUT2D eigenvalue weighted by Crippen LogP contribution is -2.03. The van der Waals surface area contributed by atoms with Crippen LogP contribution in [0.3, 0.4) is 0 Å². The first-order valence-electron chi connectivity index (χ1n) is 5.52. The highest BCUT2D eigenvalue weighted by atomic mass is 19.1. The van der Waals surface area contributed by atoms with E-state index in [0.717, 1.165) is 12.8 Å². The van der Waals surface area contributed by atoms with Crippen LogP contribution in [-0.4, -0.2) is 10.8 Å². The van der Waals surface area contributed by atoms with Gasteiger partial charge in [-0.15, -0.1) is 6.42 Å². The van der Waals surface area contributed by atoms with Crippen molar-refractivity contribution in [2.24, 2.45) is 5.92 Å². The first kappa shape index (κ1) is 10.1. The van der Waals surface area contributed by atoms with Crippen LogP contribution in [0.5, 0.6) is 0 Å². The molecule has 0 amide bonds. The molecule has 1 fully saturated rings. The van der Waals surface area contributed by atoms with Crippen LogP contribution >= 0.6 is 0 Å². The third-order valence-electron chi connectivity index (χ3n) is 3.10. The fraction of sp³-hybridized carbons (Fsp3) is 0.214. The van der Waals surface area contributed by atoms with Crippen molar-refractivity contribution in [3.63, 3.8) is 0 Å². The first-order valence-corrected chi connectivity index (χ1v) is 5.52. The molecule has 0 unspecified atom stereocenters. The average molecular weight is 227 g/mol. The Hall–Kier alpha value is -2.08. The van der Waals surface area contributed by atoms with Crippen LogP contribution in [0.15, 0.2) is 18.2 Å². The number of benzene rings is 1. The van der Waals surface area contributed by atoms with E-state index in [0.29, 0.717) is 22.2 Å². The van der Waals surface area contributed by atoms with Crippen LogP contribution in [0, 0.1) is 24.1 Å². The number of aromatic nitrogens is 1. The number of fused-ring (bicyclic) bond motifs is 1. The van der Waals surface area contributed by atoms with Gasteiger partial charge in [0, 0.05) is 16.8 Å². The van der Waals surface area contributed by atoms with E-state index in [9.17, 15) is 9.18 Å². The normalized spacial score (nSPS) is 14.8. The predicted molar refractivity (Wildman–Crippen MR) is 63.2 cm³/mol. The number of hydrogen-bond donors (Lipinski definition) is 1. The third kappa shape index (κ3) is 1.53. The molecule has 17 heavy (non-hydrogen) atoms. The zero-order valence-corrected chi connectivity index (χ0v) is 9.09. The van der Waals surface area contributed by atoms with Gasteiger partial charge in [0.05, 0.1) is 11.3 Å². The van der Waals surface area contributed by atoms with Crippen LogP contribution < -0.4 is 0 Å². The second-order valence-electron chi connectivity index (χ2n) is 4.35. The summed E-state index contributed by atoms with van der Waals surface area (Å²) in [7, 11) is 0. The highest BCUT2D eigenvalue weighted by Gasteiger charge is 2.33. The Kier molecular flexibility index (Phi) is 2.05. The zero-order chi connectivity index (χ0) is 12.0. The maximum absolute atomic E-state index is 13.2. The first-order chi connectivity index (χ1) is 8.20. The van der Waals surface area contributed by atoms with Crippen molar-refractivity contribution in [1.82, 2.24) is 4.98 Å². The number of hydrogen-bond acceptors (Lipinski definition) is 1. The van der Waals surface area contributed by atoms with E-state index in [2.05, 4.69) is 10.9 Å². The Morgan fingerprint density at radius 1 is 1.47 bits per heavy atom. The molecule has 0 aliphatic heterocycles. The van der Waals surface area contributed by atoms with Crippen molar-refractivity contribution in [2.75, 3.05) is 0 Å². The highest BCUT2D eigenvalue weighted by molar-refractivity contribution is 6.05. The molecule has 0 saturated heterocycles. The molecule has 1 aromatic carbocycles. The molecule has 1 saturated carbocycles. The molecule has 2 nitrogen and oxygen atoms in total. The SMILES string of the molecule is C#Cc1c(C(=O)C2CC2)[nH]c2ccc(F)cc12. The molecule has 1 aliphatic rings. The minimum Gasteiger partial charge on any atom is -0.351 e. The molecule has 1 aliphatic carbocycles. The van der Waals surface area contributed by atoms with E-state index in [1.54, 1.807) is 6.07 Å². The van der Waals surface area contributed by atoms with Gasteiger partial charge in [-0.25, -0.2) is 4.39 Å². The molecule has 84 valence electrons. The van der Waals surface area contributed by atoms with Crippen molar-refractivity contribution < 1.29 is 9.18 Å². The van der Waals surface area contributed by atoms with Crippen molar-refractivity contribution in [3.05, 3.63) is 35.3 Å². The smallest absolute Gasteiger partial charge is 0.183 e. The number of rotatable bonds is 2. The predicted octanol–water partition coefficient (Wildman–Crippen LogP) is 2.88. The number of halogens is 1. The molecule has 0 radical (unpaired) electrons. The summed E-state index contributed by atoms with van der Waals surface area (Å²) in [5, 5.41) is 0.608. The van der Waals surface area contributed by atoms with Gasteiger partial charge < -0.3 is 4.98 Å². The standard InChI is InChI=1S/C14H10FNO/c1-2-10-11-7-9(15)5-6-12(11)16-13(10)14(17)8-3-4-8/h1,5-8,16H,3-4H2. The van der Waals surface area contributed by atoms with Crippen molar-refractivity contribution >= 4 is 16.7 Å². The van der Waals surface area contributed by atoms with Gasteiger partial charge in [-0.05, 0) is 31.0 Å². The van der Waals surface area contributed by atoms with Gasteiger partial charge in [0.15, 0.2) is 5.78 Å². The van der Waals surface area contributed by atoms with Gasteiger partial charge in [0.25, 0.3) is 0 Å². The van der Waals surface area contributed by atoms with Crippen molar-refractivity contribution in [2.45, 2.75) is 12.8 Å². The van der Waals surface area contributed by atoms with Crippen molar-refractivity contribution in [3.8, 4) is 12.3 Å². The Labute approximate surface area is 97.8 Å². The minimum atomic E-state index is -0.349. The highest BCUT2D eigenvalue weighted by Crippen LogP contribution is 2.34. The van der Waals surface area contributed by atoms with Gasteiger partial charge in [-0.1, -0.05) is 5.92 Å². The van der Waals surface area contributed by atoms with Gasteiger partial charge in [0.2, 0.25) is 0 Å². The number of H-pyrrole nitrogens is 1. The van der Waals surface area contributed by atoms with Crippen LogP contribution in [0.4, 0.5) is 4.39 Å². The number of nitrogens with one attached hydrogen (secondary N) is 1. The molecule has 0 spiro atoms. The summed E-state index contributed by atoms with van der Waals surface area (Å²) in [6.07, 6.45) is 7.27. The average Bonchev–Trinajstić information content (AvgIpc) is 3.09. The quantitative estimate of drug-likeness (QED) is 0.621. The number of Topliss-reactive ketones (excluding diaryl/α,β-unsaturated/α-hetero) is 1. The Balaban J connectivity index is 2.25. The van der Waals surface area contributed by atoms with Crippen molar-refractivity contribution in [1.29, 1.82) is 0 Å². The number of terminal acetylenes is 1. The van der Waals surface area contributed by atoms with Gasteiger partial charge in [-0.3, -0.25) is 4.79 Å². The molecule has 0 bridgehead atoms. The summed E-state index contributed by atoms with van der Waals surface area (Å²) in [4.78, 5) is 15.0. The second-order valence-corrected chi connectivity index (χ2v) is 4.35.